The quantitative estimate of drug-likeness (QED) is 0.282. The van der Waals surface area contributed by atoms with Gasteiger partial charge in [0.1, 0.15) is 6.61 Å². The first kappa shape index (κ1) is 19.7. The van der Waals surface area contributed by atoms with Crippen molar-refractivity contribution in [3.05, 3.63) is 115 Å². The highest BCUT2D eigenvalue weighted by Gasteiger charge is 2.27. The second-order valence-corrected chi connectivity index (χ2v) is 8.61. The zero-order chi connectivity index (χ0) is 22.0. The molecule has 2 heterocycles. The lowest BCUT2D eigenvalue weighted by atomic mass is 9.89. The lowest BCUT2D eigenvalue weighted by molar-refractivity contribution is 0.295. The van der Waals surface area contributed by atoms with Crippen LogP contribution in [0.3, 0.4) is 0 Å². The molecule has 0 bridgehead atoms. The lowest BCUT2D eigenvalue weighted by Crippen LogP contribution is -1.97. The summed E-state index contributed by atoms with van der Waals surface area (Å²) in [6.07, 6.45) is 6.31. The summed E-state index contributed by atoms with van der Waals surface area (Å²) >= 11 is 0. The number of benzene rings is 3. The van der Waals surface area contributed by atoms with Gasteiger partial charge in [0.15, 0.2) is 0 Å². The molecule has 160 valence electrons. The van der Waals surface area contributed by atoms with Gasteiger partial charge >= 0.3 is 0 Å². The fourth-order valence-corrected chi connectivity index (χ4v) is 4.45. The molecule has 1 aliphatic carbocycles. The van der Waals surface area contributed by atoms with Gasteiger partial charge in [0, 0.05) is 23.8 Å². The second-order valence-electron chi connectivity index (χ2n) is 8.61. The van der Waals surface area contributed by atoms with Crippen molar-refractivity contribution in [2.45, 2.75) is 25.4 Å². The van der Waals surface area contributed by atoms with E-state index in [-0.39, 0.29) is 0 Å². The van der Waals surface area contributed by atoms with Gasteiger partial charge in [-0.3, -0.25) is 4.98 Å². The van der Waals surface area contributed by atoms with Gasteiger partial charge in [-0.1, -0.05) is 60.7 Å². The number of fused-ring (bicyclic) bond motifs is 1. The molecule has 1 fully saturated rings. The molecule has 3 heteroatoms. The lowest BCUT2D eigenvalue weighted by Gasteiger charge is -2.16. The number of para-hydroxylation sites is 1. The maximum atomic E-state index is 5.98. The Morgan fingerprint density at radius 2 is 1.55 bits per heavy atom. The summed E-state index contributed by atoms with van der Waals surface area (Å²) < 4.78 is 5.98. The van der Waals surface area contributed by atoms with Gasteiger partial charge in [-0.25, -0.2) is 4.98 Å². The molecule has 0 saturated heterocycles. The van der Waals surface area contributed by atoms with E-state index in [4.69, 9.17) is 4.74 Å². The molecular formula is C30H24N2O. The Balaban J connectivity index is 1.26. The van der Waals surface area contributed by atoms with Crippen LogP contribution in [0.15, 0.2) is 103 Å². The molecule has 33 heavy (non-hydrogen) atoms. The molecule has 5 aromatic rings. The van der Waals surface area contributed by atoms with Gasteiger partial charge in [-0.2, -0.15) is 0 Å². The summed E-state index contributed by atoms with van der Waals surface area (Å²) in [5, 5.41) is 1.12. The van der Waals surface area contributed by atoms with Crippen LogP contribution in [0.4, 0.5) is 0 Å². The van der Waals surface area contributed by atoms with E-state index in [1.165, 1.54) is 40.7 Å². The number of rotatable bonds is 6. The Morgan fingerprint density at radius 1 is 0.727 bits per heavy atom. The number of hydrogen-bond donors (Lipinski definition) is 0. The Hall–Kier alpha value is -3.98. The maximum Gasteiger partial charge on any atom is 0.214 e. The Morgan fingerprint density at radius 3 is 2.36 bits per heavy atom. The predicted molar refractivity (Wildman–Crippen MR) is 133 cm³/mol. The van der Waals surface area contributed by atoms with E-state index in [1.54, 1.807) is 0 Å². The van der Waals surface area contributed by atoms with E-state index in [1.807, 2.05) is 42.7 Å². The first-order valence-corrected chi connectivity index (χ1v) is 11.5. The number of pyridine rings is 2. The van der Waals surface area contributed by atoms with Gasteiger partial charge in [-0.05, 0) is 76.4 Å². The average Bonchev–Trinajstić information content (AvgIpc) is 3.73. The third-order valence-electron chi connectivity index (χ3n) is 6.31. The number of hydrogen-bond acceptors (Lipinski definition) is 3. The Bertz CT molecular complexity index is 1410. The van der Waals surface area contributed by atoms with Crippen LogP contribution in [0.25, 0.3) is 33.2 Å². The summed E-state index contributed by atoms with van der Waals surface area (Å²) in [7, 11) is 0. The second kappa shape index (κ2) is 8.51. The monoisotopic (exact) mass is 428 g/mol. The topological polar surface area (TPSA) is 35.0 Å². The third kappa shape index (κ3) is 4.10. The predicted octanol–water partition coefficient (Wildman–Crippen LogP) is 7.42. The van der Waals surface area contributed by atoms with Crippen LogP contribution in [0, 0.1) is 0 Å². The van der Waals surface area contributed by atoms with Crippen molar-refractivity contribution in [2.75, 3.05) is 0 Å². The molecule has 0 atom stereocenters. The van der Waals surface area contributed by atoms with E-state index < -0.39 is 0 Å². The van der Waals surface area contributed by atoms with Gasteiger partial charge in [0.2, 0.25) is 5.88 Å². The highest BCUT2D eigenvalue weighted by atomic mass is 16.5. The molecule has 0 aliphatic heterocycles. The molecule has 3 nitrogen and oxygen atoms in total. The minimum absolute atomic E-state index is 0.491. The molecule has 2 aromatic heterocycles. The van der Waals surface area contributed by atoms with Crippen LogP contribution in [0.2, 0.25) is 0 Å². The zero-order valence-corrected chi connectivity index (χ0v) is 18.3. The number of nitrogens with zero attached hydrogens (tertiary/aromatic N) is 2. The highest BCUT2D eigenvalue weighted by molar-refractivity contribution is 5.86. The van der Waals surface area contributed by atoms with Crippen molar-refractivity contribution < 1.29 is 4.74 Å². The van der Waals surface area contributed by atoms with Crippen LogP contribution < -0.4 is 4.74 Å². The summed E-state index contributed by atoms with van der Waals surface area (Å²) in [5.74, 6) is 1.32. The van der Waals surface area contributed by atoms with Crippen LogP contribution in [0.5, 0.6) is 5.88 Å². The molecule has 1 saturated carbocycles. The van der Waals surface area contributed by atoms with Gasteiger partial charge < -0.3 is 4.74 Å². The first-order chi connectivity index (χ1) is 16.3. The minimum Gasteiger partial charge on any atom is -0.473 e. The van der Waals surface area contributed by atoms with Gasteiger partial charge in [0.05, 0.1) is 5.52 Å². The van der Waals surface area contributed by atoms with Crippen molar-refractivity contribution in [1.82, 2.24) is 9.97 Å². The molecule has 0 N–H and O–H groups in total. The van der Waals surface area contributed by atoms with Crippen LogP contribution in [-0.4, -0.2) is 9.97 Å². The Kier molecular flexibility index (Phi) is 5.08. The average molecular weight is 429 g/mol. The van der Waals surface area contributed by atoms with E-state index >= 15 is 0 Å². The largest absolute Gasteiger partial charge is 0.473 e. The molecule has 3 aromatic carbocycles. The summed E-state index contributed by atoms with van der Waals surface area (Å²) in [6, 6.07) is 31.7. The molecule has 0 unspecified atom stereocenters. The van der Waals surface area contributed by atoms with Crippen molar-refractivity contribution in [2.24, 2.45) is 0 Å². The van der Waals surface area contributed by atoms with E-state index in [0.717, 1.165) is 16.5 Å². The fourth-order valence-electron chi connectivity index (χ4n) is 4.45. The SMILES string of the molecule is c1cc(-c2ccc(COc3ccc4ccccc4n3)cc2)c(-c2ccncc2)c(C2CC2)c1. The van der Waals surface area contributed by atoms with E-state index in [0.29, 0.717) is 18.4 Å². The van der Waals surface area contributed by atoms with Crippen molar-refractivity contribution in [3.8, 4) is 28.1 Å². The normalized spacial score (nSPS) is 13.2. The van der Waals surface area contributed by atoms with Crippen molar-refractivity contribution in [1.29, 1.82) is 0 Å². The van der Waals surface area contributed by atoms with E-state index in [2.05, 4.69) is 70.6 Å². The molecular weight excluding hydrogens is 404 g/mol. The zero-order valence-electron chi connectivity index (χ0n) is 18.3. The highest BCUT2D eigenvalue weighted by Crippen LogP contribution is 2.47. The van der Waals surface area contributed by atoms with E-state index in [9.17, 15) is 0 Å². The number of aromatic nitrogens is 2. The van der Waals surface area contributed by atoms with Crippen molar-refractivity contribution >= 4 is 10.9 Å². The summed E-state index contributed by atoms with van der Waals surface area (Å²) in [5.41, 5.74) is 8.59. The standard InChI is InChI=1S/C30H24N2O/c1-2-7-28-24(4-1)14-15-29(32-28)33-20-21-8-10-22(11-9-21)26-5-3-6-27(23-12-13-23)30(26)25-16-18-31-19-17-25/h1-11,14-19,23H,12-13,20H2. The van der Waals surface area contributed by atoms with Crippen LogP contribution in [-0.2, 0) is 6.61 Å². The molecule has 6 rings (SSSR count). The van der Waals surface area contributed by atoms with Crippen LogP contribution in [0.1, 0.15) is 29.9 Å². The smallest absolute Gasteiger partial charge is 0.214 e. The molecule has 0 radical (unpaired) electrons. The minimum atomic E-state index is 0.491. The van der Waals surface area contributed by atoms with Crippen LogP contribution >= 0.6 is 0 Å². The first-order valence-electron chi connectivity index (χ1n) is 11.5. The number of ether oxygens (including phenoxy) is 1. The summed E-state index contributed by atoms with van der Waals surface area (Å²) in [4.78, 5) is 8.82. The molecule has 1 aliphatic rings. The third-order valence-corrected chi connectivity index (χ3v) is 6.31. The Labute approximate surface area is 193 Å². The molecule has 0 spiro atoms. The van der Waals surface area contributed by atoms with Gasteiger partial charge in [-0.15, -0.1) is 0 Å². The van der Waals surface area contributed by atoms with Gasteiger partial charge in [0.25, 0.3) is 0 Å². The fraction of sp³-hybridized carbons (Fsp3) is 0.133. The molecule has 0 amide bonds. The van der Waals surface area contributed by atoms with Crippen molar-refractivity contribution in [3.63, 3.8) is 0 Å². The summed E-state index contributed by atoms with van der Waals surface area (Å²) in [6.45, 7) is 0.491. The maximum absolute atomic E-state index is 5.98.